The predicted molar refractivity (Wildman–Crippen MR) is 155 cm³/mol. The van der Waals surface area contributed by atoms with Gasteiger partial charge in [0.2, 0.25) is 11.9 Å². The molecule has 1 aromatic heterocycles. The number of halogens is 6. The molecular formula is C31H29F6N5O5. The molecule has 3 N–H and O–H groups in total. The quantitative estimate of drug-likeness (QED) is 0.199. The zero-order valence-electron chi connectivity index (χ0n) is 24.5. The molecule has 3 aromatic rings. The number of ether oxygens (including phenoxy) is 1. The number of carbonyl (C=O) groups is 3. The highest BCUT2D eigenvalue weighted by Crippen LogP contribution is 2.31. The third-order valence-electron chi connectivity index (χ3n) is 7.11. The van der Waals surface area contributed by atoms with Crippen LogP contribution in [0.4, 0.5) is 32.3 Å². The van der Waals surface area contributed by atoms with Gasteiger partial charge in [-0.2, -0.15) is 26.3 Å². The van der Waals surface area contributed by atoms with Crippen molar-refractivity contribution in [3.63, 3.8) is 0 Å². The van der Waals surface area contributed by atoms with Gasteiger partial charge in [0, 0.05) is 25.2 Å². The van der Waals surface area contributed by atoms with Crippen LogP contribution in [-0.2, 0) is 38.1 Å². The lowest BCUT2D eigenvalue weighted by molar-refractivity contribution is -0.143. The van der Waals surface area contributed by atoms with Crippen molar-refractivity contribution in [2.45, 2.75) is 37.8 Å². The van der Waals surface area contributed by atoms with E-state index in [0.29, 0.717) is 0 Å². The molecule has 0 bridgehead atoms. The fourth-order valence-electron chi connectivity index (χ4n) is 4.64. The van der Waals surface area contributed by atoms with Gasteiger partial charge in [-0.3, -0.25) is 9.59 Å². The molecule has 0 radical (unpaired) electrons. The average molecular weight is 666 g/mol. The van der Waals surface area contributed by atoms with E-state index >= 15 is 0 Å². The number of aromatic nitrogens is 2. The largest absolute Gasteiger partial charge is 0.480 e. The molecule has 250 valence electrons. The Bertz CT molecular complexity index is 1590. The molecule has 2 aromatic carbocycles. The van der Waals surface area contributed by atoms with E-state index in [1.54, 1.807) is 30.3 Å². The topological polar surface area (TPSA) is 134 Å². The fraction of sp³-hybridized carbons (Fsp3) is 0.323. The van der Waals surface area contributed by atoms with Gasteiger partial charge in [-0.1, -0.05) is 42.5 Å². The van der Waals surface area contributed by atoms with Crippen LogP contribution < -0.4 is 15.5 Å². The molecule has 0 unspecified atom stereocenters. The van der Waals surface area contributed by atoms with Crippen LogP contribution in [-0.4, -0.2) is 58.6 Å². The summed E-state index contributed by atoms with van der Waals surface area (Å²) in [6, 6.07) is 11.9. The number of alkyl halides is 6. The Hall–Kier alpha value is -4.99. The number of carboxylic acid groups (broad SMARTS) is 1. The number of anilines is 1. The van der Waals surface area contributed by atoms with Crippen molar-refractivity contribution in [3.8, 4) is 0 Å². The Labute approximate surface area is 264 Å². The number of piperidine rings is 1. The van der Waals surface area contributed by atoms with Crippen molar-refractivity contribution in [1.82, 2.24) is 20.6 Å². The molecule has 47 heavy (non-hydrogen) atoms. The summed E-state index contributed by atoms with van der Waals surface area (Å²) in [7, 11) is 0. The predicted octanol–water partition coefficient (Wildman–Crippen LogP) is 4.67. The Kier molecular flexibility index (Phi) is 11.2. The Morgan fingerprint density at radius 3 is 2.32 bits per heavy atom. The van der Waals surface area contributed by atoms with Gasteiger partial charge >= 0.3 is 18.3 Å². The second-order valence-corrected chi connectivity index (χ2v) is 10.5. The molecule has 1 aliphatic rings. The lowest BCUT2D eigenvalue weighted by atomic mass is 9.96. The summed E-state index contributed by atoms with van der Waals surface area (Å²) in [6.45, 7) is -0.235. The molecule has 16 heteroatoms. The van der Waals surface area contributed by atoms with E-state index in [2.05, 4.69) is 20.6 Å². The van der Waals surface area contributed by atoms with Gasteiger partial charge < -0.3 is 25.4 Å². The first-order chi connectivity index (χ1) is 22.2. The van der Waals surface area contributed by atoms with E-state index in [4.69, 9.17) is 4.74 Å². The Morgan fingerprint density at radius 2 is 1.68 bits per heavy atom. The van der Waals surface area contributed by atoms with E-state index in [1.807, 2.05) is 0 Å². The average Bonchev–Trinajstić information content (AvgIpc) is 3.04. The summed E-state index contributed by atoms with van der Waals surface area (Å²) in [5.41, 5.74) is -2.02. The summed E-state index contributed by atoms with van der Waals surface area (Å²) in [5, 5.41) is 14.3. The van der Waals surface area contributed by atoms with Crippen LogP contribution in [0.15, 0.2) is 72.6 Å². The number of amides is 2. The maximum absolute atomic E-state index is 13.3. The van der Waals surface area contributed by atoms with E-state index < -0.39 is 65.7 Å². The van der Waals surface area contributed by atoms with Crippen LogP contribution in [0, 0.1) is 5.92 Å². The van der Waals surface area contributed by atoms with Gasteiger partial charge in [0.1, 0.15) is 11.4 Å². The van der Waals surface area contributed by atoms with E-state index in [0.717, 1.165) is 42.1 Å². The van der Waals surface area contributed by atoms with Crippen molar-refractivity contribution < 1.29 is 50.6 Å². The molecule has 1 aliphatic heterocycles. The van der Waals surface area contributed by atoms with Gasteiger partial charge in [0.05, 0.1) is 18.8 Å². The fourth-order valence-corrected chi connectivity index (χ4v) is 4.64. The minimum absolute atomic E-state index is 0.0361. The van der Waals surface area contributed by atoms with Crippen molar-refractivity contribution in [2.24, 2.45) is 5.92 Å². The number of benzene rings is 2. The van der Waals surface area contributed by atoms with Crippen LogP contribution >= 0.6 is 0 Å². The van der Waals surface area contributed by atoms with Gasteiger partial charge in [-0.25, -0.2) is 14.8 Å². The SMILES string of the molecule is O=C(N[C@H](COCc1ccccc1)C(=O)O)C(=Cc1cccc(C(F)(F)F)c1)NC(=O)C1CCN(c2nccc(C(F)(F)F)n2)CC1. The number of hydrogen-bond acceptors (Lipinski definition) is 7. The van der Waals surface area contributed by atoms with Gasteiger partial charge in [-0.15, -0.1) is 0 Å². The van der Waals surface area contributed by atoms with Gasteiger partial charge in [0.15, 0.2) is 6.04 Å². The number of hydrogen-bond donors (Lipinski definition) is 3. The molecule has 4 rings (SSSR count). The highest BCUT2D eigenvalue weighted by atomic mass is 19.4. The minimum Gasteiger partial charge on any atom is -0.480 e. The molecule has 0 aliphatic carbocycles. The zero-order valence-corrected chi connectivity index (χ0v) is 24.5. The molecule has 1 fully saturated rings. The van der Waals surface area contributed by atoms with Crippen LogP contribution in [0.1, 0.15) is 35.2 Å². The molecule has 2 heterocycles. The van der Waals surface area contributed by atoms with Gasteiger partial charge in [-0.05, 0) is 48.2 Å². The maximum atomic E-state index is 13.3. The third kappa shape index (κ3) is 10.00. The van der Waals surface area contributed by atoms with E-state index in [9.17, 15) is 45.8 Å². The molecule has 2 amide bonds. The van der Waals surface area contributed by atoms with Gasteiger partial charge in [0.25, 0.3) is 5.91 Å². The summed E-state index contributed by atoms with van der Waals surface area (Å²) in [4.78, 5) is 47.4. The summed E-state index contributed by atoms with van der Waals surface area (Å²) in [6.07, 6.45) is -7.17. The lowest BCUT2D eigenvalue weighted by Gasteiger charge is -2.31. The monoisotopic (exact) mass is 665 g/mol. The van der Waals surface area contributed by atoms with Crippen molar-refractivity contribution >= 4 is 29.8 Å². The number of aliphatic carboxylic acids is 1. The summed E-state index contributed by atoms with van der Waals surface area (Å²) >= 11 is 0. The number of nitrogens with zero attached hydrogens (tertiary/aromatic N) is 3. The molecule has 1 atom stereocenters. The number of rotatable bonds is 11. The number of carbonyl (C=O) groups excluding carboxylic acids is 2. The highest BCUT2D eigenvalue weighted by molar-refractivity contribution is 6.03. The summed E-state index contributed by atoms with van der Waals surface area (Å²) in [5.74, 6) is -4.17. The third-order valence-corrected chi connectivity index (χ3v) is 7.11. The Balaban J connectivity index is 1.48. The maximum Gasteiger partial charge on any atom is 0.433 e. The second-order valence-electron chi connectivity index (χ2n) is 10.5. The molecule has 0 spiro atoms. The van der Waals surface area contributed by atoms with E-state index in [-0.39, 0.29) is 44.0 Å². The van der Waals surface area contributed by atoms with Crippen molar-refractivity contribution in [1.29, 1.82) is 0 Å². The normalized spacial score (nSPS) is 15.2. The zero-order chi connectivity index (χ0) is 34.2. The van der Waals surface area contributed by atoms with Crippen LogP contribution in [0.2, 0.25) is 0 Å². The first-order valence-electron chi connectivity index (χ1n) is 14.2. The van der Waals surface area contributed by atoms with Crippen molar-refractivity contribution in [3.05, 3.63) is 94.9 Å². The number of carboxylic acids is 1. The molecule has 1 saturated heterocycles. The summed E-state index contributed by atoms with van der Waals surface area (Å²) < 4.78 is 84.7. The highest BCUT2D eigenvalue weighted by Gasteiger charge is 2.35. The van der Waals surface area contributed by atoms with Crippen molar-refractivity contribution in [2.75, 3.05) is 24.6 Å². The second kappa shape index (κ2) is 15.1. The molecule has 10 nitrogen and oxygen atoms in total. The Morgan fingerprint density at radius 1 is 0.979 bits per heavy atom. The lowest BCUT2D eigenvalue weighted by Crippen LogP contribution is -2.48. The minimum atomic E-state index is -4.70. The van der Waals surface area contributed by atoms with Crippen LogP contribution in [0.3, 0.4) is 0 Å². The number of nitrogens with one attached hydrogen (secondary N) is 2. The first-order valence-corrected chi connectivity index (χ1v) is 14.2. The molecule has 0 saturated carbocycles. The first kappa shape index (κ1) is 34.9. The van der Waals surface area contributed by atoms with Crippen LogP contribution in [0.25, 0.3) is 6.08 Å². The smallest absolute Gasteiger partial charge is 0.433 e. The van der Waals surface area contributed by atoms with E-state index in [1.165, 1.54) is 11.0 Å². The molecular weight excluding hydrogens is 636 g/mol. The standard InChI is InChI=1S/C31H29F6N5O5/c32-30(33,34)22-8-4-7-20(15-22)16-23(27(44)40-24(28(45)46)18-47-17-19-5-2-1-3-6-19)39-26(43)21-10-13-42(14-11-21)29-38-12-9-25(41-29)31(35,36)37/h1-9,12,15-16,21,24H,10-11,13-14,17-18H2,(H,39,43)(H,40,44)(H,45,46)/t24-/m1/s1. The van der Waals surface area contributed by atoms with Crippen LogP contribution in [0.5, 0.6) is 0 Å².